The van der Waals surface area contributed by atoms with Crippen molar-refractivity contribution >= 4 is 28.7 Å². The highest BCUT2D eigenvalue weighted by Gasteiger charge is 2.58. The Morgan fingerprint density at radius 1 is 1.60 bits per heavy atom. The zero-order valence-electron chi connectivity index (χ0n) is 7.85. The molecule has 2 fully saturated rings. The highest BCUT2D eigenvalue weighted by Crippen LogP contribution is 2.57. The molecule has 5 nitrogen and oxygen atoms in total. The molecule has 1 aliphatic heterocycles. The molecule has 1 saturated heterocycles. The van der Waals surface area contributed by atoms with Crippen LogP contribution in [0.4, 0.5) is 4.79 Å². The summed E-state index contributed by atoms with van der Waals surface area (Å²) in [5.41, 5.74) is 1.17. The van der Waals surface area contributed by atoms with E-state index in [1.165, 1.54) is 10.6 Å². The van der Waals surface area contributed by atoms with Gasteiger partial charge in [0.05, 0.1) is 0 Å². The van der Waals surface area contributed by atoms with Gasteiger partial charge in [0.1, 0.15) is 3.70 Å². The second kappa shape index (κ2) is 3.10. The lowest BCUT2D eigenvalue weighted by molar-refractivity contribution is 0.150. The number of fused-ring (bicyclic) bond motifs is 1. The fraction of sp³-hybridized carbons (Fsp3) is 0.556. The fourth-order valence-corrected chi connectivity index (χ4v) is 3.08. The molecule has 1 aromatic heterocycles. The number of likely N-dealkylation sites (tertiary alicyclic amines) is 1. The topological polar surface area (TPSA) is 69.2 Å². The van der Waals surface area contributed by atoms with E-state index in [4.69, 9.17) is 5.11 Å². The third kappa shape index (κ3) is 1.42. The number of nitrogens with one attached hydrogen (secondary N) is 1. The van der Waals surface area contributed by atoms with Crippen LogP contribution in [0.5, 0.6) is 0 Å². The van der Waals surface area contributed by atoms with Crippen LogP contribution >= 0.6 is 22.6 Å². The number of H-pyrrole nitrogens is 1. The molecule has 2 unspecified atom stereocenters. The summed E-state index contributed by atoms with van der Waals surface area (Å²) in [7, 11) is 0. The van der Waals surface area contributed by atoms with Gasteiger partial charge in [-0.2, -0.15) is 5.10 Å². The first-order valence-corrected chi connectivity index (χ1v) is 5.93. The summed E-state index contributed by atoms with van der Waals surface area (Å²) in [6, 6.07) is 2.05. The summed E-state index contributed by atoms with van der Waals surface area (Å²) in [6.45, 7) is 1.36. The zero-order valence-corrected chi connectivity index (χ0v) is 10.0. The minimum Gasteiger partial charge on any atom is -0.465 e. The van der Waals surface area contributed by atoms with Crippen LogP contribution in [0.1, 0.15) is 11.6 Å². The highest BCUT2D eigenvalue weighted by atomic mass is 127. The van der Waals surface area contributed by atoms with Crippen LogP contribution in [0.15, 0.2) is 6.07 Å². The maximum absolute atomic E-state index is 10.7. The van der Waals surface area contributed by atoms with Gasteiger partial charge in [-0.1, -0.05) is 0 Å². The van der Waals surface area contributed by atoms with Gasteiger partial charge in [0.15, 0.2) is 0 Å². The molecule has 2 aliphatic rings. The van der Waals surface area contributed by atoms with Crippen molar-refractivity contribution in [1.29, 1.82) is 0 Å². The molecule has 0 radical (unpaired) electrons. The molecule has 2 atom stereocenters. The minimum atomic E-state index is -0.792. The number of carboxylic acid groups (broad SMARTS) is 1. The Balaban J connectivity index is 1.70. The number of amides is 1. The van der Waals surface area contributed by atoms with E-state index in [1.807, 2.05) is 0 Å². The molecule has 1 aliphatic carbocycles. The average Bonchev–Trinajstić information content (AvgIpc) is 2.62. The molecule has 0 bridgehead atoms. The normalized spacial score (nSPS) is 32.9. The van der Waals surface area contributed by atoms with Crippen molar-refractivity contribution < 1.29 is 9.90 Å². The standard InChI is InChI=1S/C9H10IN3O2/c10-7-1-6(11-12-7)8-4-2-13(9(14)15)3-5(4)8/h1,4-5,8H,2-3H2,(H,11,12)(H,14,15). The van der Waals surface area contributed by atoms with Crippen molar-refractivity contribution in [3.8, 4) is 0 Å². The predicted octanol–water partition coefficient (Wildman–Crippen LogP) is 1.34. The third-order valence-electron chi connectivity index (χ3n) is 3.39. The van der Waals surface area contributed by atoms with Gasteiger partial charge in [0.2, 0.25) is 0 Å². The van der Waals surface area contributed by atoms with E-state index in [2.05, 4.69) is 38.9 Å². The lowest BCUT2D eigenvalue weighted by Crippen LogP contribution is -2.29. The van der Waals surface area contributed by atoms with Crippen LogP contribution in [0.25, 0.3) is 0 Å². The van der Waals surface area contributed by atoms with Crippen molar-refractivity contribution in [1.82, 2.24) is 15.1 Å². The fourth-order valence-electron chi connectivity index (χ4n) is 2.63. The quantitative estimate of drug-likeness (QED) is 0.768. The van der Waals surface area contributed by atoms with Crippen molar-refractivity contribution in [2.75, 3.05) is 13.1 Å². The second-order valence-corrected chi connectivity index (χ2v) is 5.29. The molecule has 2 heterocycles. The SMILES string of the molecule is O=C(O)N1CC2C(C1)C2c1cc(I)n[nH]1. The van der Waals surface area contributed by atoms with Crippen LogP contribution in [-0.2, 0) is 0 Å². The largest absolute Gasteiger partial charge is 0.465 e. The first-order chi connectivity index (χ1) is 7.16. The Hall–Kier alpha value is -0.790. The number of piperidine rings is 1. The van der Waals surface area contributed by atoms with Crippen molar-refractivity contribution in [3.63, 3.8) is 0 Å². The number of hydrogen-bond donors (Lipinski definition) is 2. The van der Waals surface area contributed by atoms with Crippen LogP contribution < -0.4 is 0 Å². The van der Waals surface area contributed by atoms with Gasteiger partial charge in [-0.25, -0.2) is 4.79 Å². The summed E-state index contributed by atoms with van der Waals surface area (Å²) in [5, 5.41) is 15.9. The Kier molecular flexibility index (Phi) is 1.95. The molecule has 1 saturated carbocycles. The molecule has 0 spiro atoms. The highest BCUT2D eigenvalue weighted by molar-refractivity contribution is 14.1. The zero-order chi connectivity index (χ0) is 10.6. The van der Waals surface area contributed by atoms with Crippen LogP contribution in [-0.4, -0.2) is 39.4 Å². The number of carbonyl (C=O) groups is 1. The molecule has 1 aromatic rings. The van der Waals surface area contributed by atoms with Crippen molar-refractivity contribution in [2.24, 2.45) is 11.8 Å². The summed E-state index contributed by atoms with van der Waals surface area (Å²) >= 11 is 2.17. The monoisotopic (exact) mass is 319 g/mol. The summed E-state index contributed by atoms with van der Waals surface area (Å²) in [5.74, 6) is 1.53. The van der Waals surface area contributed by atoms with E-state index in [-0.39, 0.29) is 0 Å². The number of rotatable bonds is 1. The molecular weight excluding hydrogens is 309 g/mol. The molecular formula is C9H10IN3O2. The lowest BCUT2D eigenvalue weighted by Gasteiger charge is -2.14. The first kappa shape index (κ1) is 9.44. The van der Waals surface area contributed by atoms with Gasteiger partial charge >= 0.3 is 6.09 Å². The molecule has 0 aromatic carbocycles. The van der Waals surface area contributed by atoms with E-state index < -0.39 is 6.09 Å². The Bertz CT molecular complexity index is 407. The van der Waals surface area contributed by atoms with Crippen LogP contribution in [0, 0.1) is 15.5 Å². The summed E-state index contributed by atoms with van der Waals surface area (Å²) < 4.78 is 0.975. The van der Waals surface area contributed by atoms with E-state index in [0.29, 0.717) is 30.8 Å². The molecule has 1 amide bonds. The number of nitrogens with zero attached hydrogens (tertiary/aromatic N) is 2. The third-order valence-corrected chi connectivity index (χ3v) is 3.94. The molecule has 15 heavy (non-hydrogen) atoms. The molecule has 6 heteroatoms. The number of aromatic nitrogens is 2. The number of hydrogen-bond acceptors (Lipinski definition) is 2. The van der Waals surface area contributed by atoms with E-state index >= 15 is 0 Å². The minimum absolute atomic E-state index is 0.511. The molecule has 2 N–H and O–H groups in total. The predicted molar refractivity (Wildman–Crippen MR) is 60.6 cm³/mol. The maximum atomic E-state index is 10.7. The first-order valence-electron chi connectivity index (χ1n) is 4.85. The van der Waals surface area contributed by atoms with Crippen molar-refractivity contribution in [2.45, 2.75) is 5.92 Å². The van der Waals surface area contributed by atoms with E-state index in [0.717, 1.165) is 3.70 Å². The van der Waals surface area contributed by atoms with Gasteiger partial charge in [-0.05, 0) is 40.5 Å². The van der Waals surface area contributed by atoms with E-state index in [1.54, 1.807) is 0 Å². The van der Waals surface area contributed by atoms with Crippen molar-refractivity contribution in [3.05, 3.63) is 15.5 Å². The number of halogens is 1. The van der Waals surface area contributed by atoms with Gasteiger partial charge in [0.25, 0.3) is 0 Å². The number of aromatic amines is 1. The van der Waals surface area contributed by atoms with Gasteiger partial charge < -0.3 is 10.0 Å². The maximum Gasteiger partial charge on any atom is 0.407 e. The van der Waals surface area contributed by atoms with E-state index in [9.17, 15) is 4.79 Å². The Labute approximate surface area is 100.0 Å². The lowest BCUT2D eigenvalue weighted by atomic mass is 10.2. The second-order valence-electron chi connectivity index (χ2n) is 4.19. The van der Waals surface area contributed by atoms with Crippen LogP contribution in [0.3, 0.4) is 0 Å². The Morgan fingerprint density at radius 2 is 2.27 bits per heavy atom. The van der Waals surface area contributed by atoms with Crippen LogP contribution in [0.2, 0.25) is 0 Å². The molecule has 3 rings (SSSR count). The van der Waals surface area contributed by atoms with Gasteiger partial charge in [-0.15, -0.1) is 0 Å². The molecule has 80 valence electrons. The average molecular weight is 319 g/mol. The summed E-state index contributed by atoms with van der Waals surface area (Å²) in [4.78, 5) is 12.2. The Morgan fingerprint density at radius 3 is 2.73 bits per heavy atom. The summed E-state index contributed by atoms with van der Waals surface area (Å²) in [6.07, 6.45) is -0.792. The smallest absolute Gasteiger partial charge is 0.407 e. The van der Waals surface area contributed by atoms with Gasteiger partial charge in [0, 0.05) is 24.7 Å². The van der Waals surface area contributed by atoms with Gasteiger partial charge in [-0.3, -0.25) is 5.10 Å².